The zero-order valence-corrected chi connectivity index (χ0v) is 16.8. The highest BCUT2D eigenvalue weighted by molar-refractivity contribution is 5.79. The summed E-state index contributed by atoms with van der Waals surface area (Å²) in [5, 5.41) is 11.7. The van der Waals surface area contributed by atoms with Gasteiger partial charge in [0, 0.05) is 25.8 Å². The van der Waals surface area contributed by atoms with E-state index in [0.717, 1.165) is 42.0 Å². The lowest BCUT2D eigenvalue weighted by molar-refractivity contribution is 0.106. The van der Waals surface area contributed by atoms with Crippen LogP contribution in [0, 0.1) is 25.2 Å². The number of aliphatic imine (C=N–C) groups is 1. The summed E-state index contributed by atoms with van der Waals surface area (Å²) in [6.07, 6.45) is 6.98. The second-order valence-electron chi connectivity index (χ2n) is 8.24. The lowest BCUT2D eigenvalue weighted by Crippen LogP contribution is -2.47. The third kappa shape index (κ3) is 3.73. The Morgan fingerprint density at radius 3 is 2.59 bits per heavy atom. The quantitative estimate of drug-likeness (QED) is 0.606. The van der Waals surface area contributed by atoms with Crippen LogP contribution in [0.4, 0.5) is 0 Å². The lowest BCUT2D eigenvalue weighted by atomic mass is 9.65. The normalized spacial score (nSPS) is 18.9. The summed E-state index contributed by atoms with van der Waals surface area (Å²) in [4.78, 5) is 4.44. The second kappa shape index (κ2) is 7.37. The summed E-state index contributed by atoms with van der Waals surface area (Å²) < 4.78 is 2.03. The van der Waals surface area contributed by atoms with Crippen molar-refractivity contribution in [3.8, 4) is 5.69 Å². The van der Waals surface area contributed by atoms with Crippen LogP contribution in [-0.2, 0) is 6.54 Å². The van der Waals surface area contributed by atoms with Crippen LogP contribution in [0.1, 0.15) is 49.1 Å². The maximum atomic E-state index is 4.65. The number of rotatable bonds is 6. The summed E-state index contributed by atoms with van der Waals surface area (Å²) in [6.45, 7) is 5.91. The summed E-state index contributed by atoms with van der Waals surface area (Å²) >= 11 is 0. The molecule has 5 nitrogen and oxygen atoms in total. The van der Waals surface area contributed by atoms with E-state index in [1.54, 1.807) is 0 Å². The van der Waals surface area contributed by atoms with Gasteiger partial charge in [-0.3, -0.25) is 4.99 Å². The molecule has 144 valence electrons. The Labute approximate surface area is 162 Å². The Morgan fingerprint density at radius 1 is 1.22 bits per heavy atom. The molecule has 0 bridgehead atoms. The van der Waals surface area contributed by atoms with Crippen LogP contribution in [0.2, 0.25) is 0 Å². The standard InChI is InChI=1S/C22H31N5/c1-16-13-17(2)27(26-16)20-8-5-4-7-18(20)14-24-21(23-3)25-15-22(11-6-12-22)19-9-10-19/h4-5,7-8,13,19H,6,9-12,14-15H2,1-3H3,(H2,23,24,25). The number of nitrogens with zero attached hydrogens (tertiary/aromatic N) is 3. The maximum Gasteiger partial charge on any atom is 0.191 e. The van der Waals surface area contributed by atoms with Gasteiger partial charge in [-0.05, 0) is 68.6 Å². The molecule has 0 atom stereocenters. The van der Waals surface area contributed by atoms with Gasteiger partial charge in [-0.15, -0.1) is 0 Å². The van der Waals surface area contributed by atoms with Crippen molar-refractivity contribution in [2.45, 2.75) is 52.5 Å². The van der Waals surface area contributed by atoms with E-state index in [2.05, 4.69) is 58.0 Å². The summed E-state index contributed by atoms with van der Waals surface area (Å²) in [7, 11) is 1.85. The molecule has 2 fully saturated rings. The average Bonchev–Trinajstić information content (AvgIpc) is 3.41. The third-order valence-electron chi connectivity index (χ3n) is 6.30. The molecule has 2 N–H and O–H groups in total. The Hall–Kier alpha value is -2.30. The van der Waals surface area contributed by atoms with Crippen molar-refractivity contribution >= 4 is 5.96 Å². The van der Waals surface area contributed by atoms with E-state index in [0.29, 0.717) is 5.41 Å². The summed E-state index contributed by atoms with van der Waals surface area (Å²) in [5.41, 5.74) is 5.07. The van der Waals surface area contributed by atoms with Crippen LogP contribution >= 0.6 is 0 Å². The van der Waals surface area contributed by atoms with Crippen LogP contribution in [0.5, 0.6) is 0 Å². The molecule has 0 saturated heterocycles. The molecular formula is C22H31N5. The van der Waals surface area contributed by atoms with Crippen LogP contribution < -0.4 is 10.6 Å². The molecule has 2 saturated carbocycles. The van der Waals surface area contributed by atoms with Crippen LogP contribution in [0.25, 0.3) is 5.69 Å². The van der Waals surface area contributed by atoms with Crippen LogP contribution in [-0.4, -0.2) is 29.3 Å². The molecule has 0 unspecified atom stereocenters. The minimum atomic E-state index is 0.541. The molecule has 2 aliphatic carbocycles. The highest BCUT2D eigenvalue weighted by Gasteiger charge is 2.48. The van der Waals surface area contributed by atoms with Crippen LogP contribution in [0.15, 0.2) is 35.3 Å². The first-order valence-corrected chi connectivity index (χ1v) is 10.2. The monoisotopic (exact) mass is 365 g/mol. The molecule has 27 heavy (non-hydrogen) atoms. The molecule has 0 amide bonds. The number of hydrogen-bond acceptors (Lipinski definition) is 2. The summed E-state index contributed by atoms with van der Waals surface area (Å²) in [6, 6.07) is 10.5. The van der Waals surface area contributed by atoms with Gasteiger partial charge in [0.15, 0.2) is 5.96 Å². The topological polar surface area (TPSA) is 54.2 Å². The fourth-order valence-electron chi connectivity index (χ4n) is 4.46. The Morgan fingerprint density at radius 2 is 2.00 bits per heavy atom. The zero-order chi connectivity index (χ0) is 18.9. The van der Waals surface area contributed by atoms with Crippen molar-refractivity contribution < 1.29 is 0 Å². The largest absolute Gasteiger partial charge is 0.356 e. The molecule has 0 radical (unpaired) electrons. The molecule has 1 heterocycles. The molecular weight excluding hydrogens is 334 g/mol. The predicted molar refractivity (Wildman–Crippen MR) is 110 cm³/mol. The zero-order valence-electron chi connectivity index (χ0n) is 16.8. The van der Waals surface area contributed by atoms with Crippen molar-refractivity contribution in [1.82, 2.24) is 20.4 Å². The molecule has 5 heteroatoms. The minimum absolute atomic E-state index is 0.541. The Kier molecular flexibility index (Phi) is 4.94. The number of aromatic nitrogens is 2. The van der Waals surface area contributed by atoms with E-state index in [-0.39, 0.29) is 0 Å². The van der Waals surface area contributed by atoms with Crippen LogP contribution in [0.3, 0.4) is 0 Å². The highest BCUT2D eigenvalue weighted by atomic mass is 15.3. The first-order chi connectivity index (χ1) is 13.1. The van der Waals surface area contributed by atoms with Gasteiger partial charge in [0.1, 0.15) is 0 Å². The lowest BCUT2D eigenvalue weighted by Gasteiger charge is -2.43. The van der Waals surface area contributed by atoms with Gasteiger partial charge in [-0.2, -0.15) is 5.10 Å². The number of guanidine groups is 1. The molecule has 4 rings (SSSR count). The Balaban J connectivity index is 1.41. The Bertz CT molecular complexity index is 827. The van der Waals surface area contributed by atoms with E-state index in [9.17, 15) is 0 Å². The smallest absolute Gasteiger partial charge is 0.191 e. The molecule has 2 aliphatic rings. The van der Waals surface area contributed by atoms with E-state index in [4.69, 9.17) is 0 Å². The predicted octanol–water partition coefficient (Wildman–Crippen LogP) is 3.73. The average molecular weight is 366 g/mol. The van der Waals surface area contributed by atoms with E-state index in [1.165, 1.54) is 37.7 Å². The van der Waals surface area contributed by atoms with Gasteiger partial charge in [-0.1, -0.05) is 24.6 Å². The molecule has 2 aromatic rings. The second-order valence-corrected chi connectivity index (χ2v) is 8.24. The van der Waals surface area contributed by atoms with Crippen molar-refractivity contribution in [2.75, 3.05) is 13.6 Å². The number of benzene rings is 1. The van der Waals surface area contributed by atoms with Crippen molar-refractivity contribution in [3.05, 3.63) is 47.3 Å². The van der Waals surface area contributed by atoms with Gasteiger partial charge >= 0.3 is 0 Å². The third-order valence-corrected chi connectivity index (χ3v) is 6.30. The molecule has 0 spiro atoms. The SMILES string of the molecule is CN=C(NCc1ccccc1-n1nc(C)cc1C)NCC1(C2CC2)CCC1. The van der Waals surface area contributed by atoms with Crippen molar-refractivity contribution in [2.24, 2.45) is 16.3 Å². The minimum Gasteiger partial charge on any atom is -0.356 e. The van der Waals surface area contributed by atoms with Gasteiger partial charge in [-0.25, -0.2) is 4.68 Å². The molecule has 1 aromatic heterocycles. The molecule has 1 aromatic carbocycles. The van der Waals surface area contributed by atoms with E-state index < -0.39 is 0 Å². The van der Waals surface area contributed by atoms with Gasteiger partial charge in [0.2, 0.25) is 0 Å². The van der Waals surface area contributed by atoms with Gasteiger partial charge < -0.3 is 10.6 Å². The fraction of sp³-hybridized carbons (Fsp3) is 0.545. The van der Waals surface area contributed by atoms with Crippen molar-refractivity contribution in [3.63, 3.8) is 0 Å². The first kappa shape index (κ1) is 18.1. The number of para-hydroxylation sites is 1. The maximum absolute atomic E-state index is 4.65. The van der Waals surface area contributed by atoms with E-state index >= 15 is 0 Å². The van der Waals surface area contributed by atoms with Crippen molar-refractivity contribution in [1.29, 1.82) is 0 Å². The number of aryl methyl sites for hydroxylation is 2. The molecule has 0 aliphatic heterocycles. The highest BCUT2D eigenvalue weighted by Crippen LogP contribution is 2.56. The fourth-order valence-corrected chi connectivity index (χ4v) is 4.46. The summed E-state index contributed by atoms with van der Waals surface area (Å²) in [5.74, 6) is 1.84. The van der Waals surface area contributed by atoms with E-state index in [1.807, 2.05) is 18.7 Å². The number of hydrogen-bond donors (Lipinski definition) is 2. The van der Waals surface area contributed by atoms with Gasteiger partial charge in [0.05, 0.1) is 11.4 Å². The first-order valence-electron chi connectivity index (χ1n) is 10.2. The number of nitrogens with one attached hydrogen (secondary N) is 2. The van der Waals surface area contributed by atoms with Gasteiger partial charge in [0.25, 0.3) is 0 Å².